The standard InChI is InChI=1S/C17H19N5O2/c1-4-24-9-16-19-17-13-7-12(23-3)5-6-14(13)21-10-18-11(2)15(21)8-22(17)20-16/h5-7,10H,4,8-9H2,1-3H3. The summed E-state index contributed by atoms with van der Waals surface area (Å²) in [5.41, 5.74) is 4.10. The lowest BCUT2D eigenvalue weighted by Crippen LogP contribution is -2.06. The van der Waals surface area contributed by atoms with Crippen LogP contribution in [0, 0.1) is 6.92 Å². The molecule has 124 valence electrons. The van der Waals surface area contributed by atoms with Crippen molar-refractivity contribution in [3.63, 3.8) is 0 Å². The average Bonchev–Trinajstić information content (AvgIpc) is 3.14. The fraction of sp³-hybridized carbons (Fsp3) is 0.353. The van der Waals surface area contributed by atoms with Crippen LogP contribution in [-0.4, -0.2) is 38.0 Å². The quantitative estimate of drug-likeness (QED) is 0.576. The van der Waals surface area contributed by atoms with Gasteiger partial charge >= 0.3 is 0 Å². The van der Waals surface area contributed by atoms with Crippen molar-refractivity contribution >= 4 is 0 Å². The largest absolute Gasteiger partial charge is 0.497 e. The molecule has 24 heavy (non-hydrogen) atoms. The van der Waals surface area contributed by atoms with Gasteiger partial charge < -0.3 is 14.0 Å². The molecule has 0 spiro atoms. The predicted molar refractivity (Wildman–Crippen MR) is 88.3 cm³/mol. The Hall–Kier alpha value is -2.67. The topological polar surface area (TPSA) is 67.0 Å². The first-order valence-corrected chi connectivity index (χ1v) is 7.94. The maximum Gasteiger partial charge on any atom is 0.176 e. The van der Waals surface area contributed by atoms with Crippen LogP contribution in [0.5, 0.6) is 5.75 Å². The maximum absolute atomic E-state index is 5.46. The molecule has 3 aromatic rings. The molecular formula is C17H19N5O2. The van der Waals surface area contributed by atoms with Crippen molar-refractivity contribution in [2.45, 2.75) is 27.0 Å². The van der Waals surface area contributed by atoms with Crippen LogP contribution in [0.4, 0.5) is 0 Å². The fourth-order valence-electron chi connectivity index (χ4n) is 2.99. The Kier molecular flexibility index (Phi) is 3.57. The third-order valence-electron chi connectivity index (χ3n) is 4.23. The van der Waals surface area contributed by atoms with E-state index >= 15 is 0 Å². The van der Waals surface area contributed by atoms with Gasteiger partial charge in [0.25, 0.3) is 0 Å². The van der Waals surface area contributed by atoms with Gasteiger partial charge in [-0.3, -0.25) is 0 Å². The van der Waals surface area contributed by atoms with Gasteiger partial charge in [0.2, 0.25) is 0 Å². The minimum atomic E-state index is 0.411. The molecule has 4 rings (SSSR count). The smallest absolute Gasteiger partial charge is 0.176 e. The number of nitrogens with zero attached hydrogens (tertiary/aromatic N) is 5. The Bertz CT molecular complexity index is 897. The number of methoxy groups -OCH3 is 1. The van der Waals surface area contributed by atoms with Crippen molar-refractivity contribution in [2.75, 3.05) is 13.7 Å². The van der Waals surface area contributed by atoms with Gasteiger partial charge in [-0.1, -0.05) is 0 Å². The van der Waals surface area contributed by atoms with Crippen LogP contribution in [0.15, 0.2) is 24.5 Å². The van der Waals surface area contributed by atoms with Gasteiger partial charge in [0.1, 0.15) is 12.4 Å². The molecule has 0 amide bonds. The fourth-order valence-corrected chi connectivity index (χ4v) is 2.99. The zero-order valence-corrected chi connectivity index (χ0v) is 14.0. The van der Waals surface area contributed by atoms with Crippen molar-refractivity contribution in [3.8, 4) is 22.8 Å². The zero-order valence-electron chi connectivity index (χ0n) is 14.0. The molecular weight excluding hydrogens is 306 g/mol. The Labute approximate surface area is 139 Å². The first-order valence-electron chi connectivity index (χ1n) is 7.94. The molecule has 0 saturated carbocycles. The SMILES string of the molecule is CCOCc1nc2n(n1)Cc1c(C)ncn1-c1ccc(OC)cc1-2. The van der Waals surface area contributed by atoms with Gasteiger partial charge in [-0.05, 0) is 32.0 Å². The Morgan fingerprint density at radius 3 is 2.96 bits per heavy atom. The third-order valence-corrected chi connectivity index (χ3v) is 4.23. The molecule has 1 aromatic carbocycles. The lowest BCUT2D eigenvalue weighted by atomic mass is 10.1. The van der Waals surface area contributed by atoms with E-state index in [0.29, 0.717) is 25.6 Å². The van der Waals surface area contributed by atoms with Gasteiger partial charge in [0.15, 0.2) is 11.6 Å². The number of benzene rings is 1. The maximum atomic E-state index is 5.46. The highest BCUT2D eigenvalue weighted by Crippen LogP contribution is 2.34. The molecule has 0 unspecified atom stereocenters. The van der Waals surface area contributed by atoms with E-state index in [1.165, 1.54) is 0 Å². The second-order valence-electron chi connectivity index (χ2n) is 5.68. The zero-order chi connectivity index (χ0) is 16.7. The molecule has 0 bridgehead atoms. The summed E-state index contributed by atoms with van der Waals surface area (Å²) in [4.78, 5) is 9.15. The number of ether oxygens (including phenoxy) is 2. The molecule has 7 nitrogen and oxygen atoms in total. The number of rotatable bonds is 4. The molecule has 2 aromatic heterocycles. The lowest BCUT2D eigenvalue weighted by molar-refractivity contribution is 0.128. The monoisotopic (exact) mass is 325 g/mol. The lowest BCUT2D eigenvalue weighted by Gasteiger charge is -2.10. The van der Waals surface area contributed by atoms with Crippen LogP contribution in [0.3, 0.4) is 0 Å². The summed E-state index contributed by atoms with van der Waals surface area (Å²) >= 11 is 0. The van der Waals surface area contributed by atoms with Crippen molar-refractivity contribution in [3.05, 3.63) is 41.7 Å². The number of hydrogen-bond acceptors (Lipinski definition) is 5. The van der Waals surface area contributed by atoms with E-state index in [2.05, 4.69) is 14.6 Å². The number of hydrogen-bond donors (Lipinski definition) is 0. The highest BCUT2D eigenvalue weighted by atomic mass is 16.5. The van der Waals surface area contributed by atoms with Crippen LogP contribution in [0.1, 0.15) is 24.1 Å². The predicted octanol–water partition coefficient (Wildman–Crippen LogP) is 2.35. The molecule has 1 aliphatic rings. The molecule has 7 heteroatoms. The van der Waals surface area contributed by atoms with Gasteiger partial charge in [-0.2, -0.15) is 5.10 Å². The summed E-state index contributed by atoms with van der Waals surface area (Å²) in [6.07, 6.45) is 1.85. The summed E-state index contributed by atoms with van der Waals surface area (Å²) in [6.45, 7) is 5.65. The van der Waals surface area contributed by atoms with E-state index in [4.69, 9.17) is 14.5 Å². The summed E-state index contributed by atoms with van der Waals surface area (Å²) in [5.74, 6) is 2.29. The average molecular weight is 325 g/mol. The first-order chi connectivity index (χ1) is 11.7. The Balaban J connectivity index is 1.92. The normalized spacial score (nSPS) is 12.3. The molecule has 0 atom stereocenters. The molecule has 1 aliphatic heterocycles. The Morgan fingerprint density at radius 1 is 1.29 bits per heavy atom. The number of aromatic nitrogens is 5. The van der Waals surface area contributed by atoms with E-state index in [9.17, 15) is 0 Å². The van der Waals surface area contributed by atoms with E-state index < -0.39 is 0 Å². The molecule has 0 aliphatic carbocycles. The molecule has 0 fully saturated rings. The first kappa shape index (κ1) is 14.9. The van der Waals surface area contributed by atoms with Crippen LogP contribution in [-0.2, 0) is 17.9 Å². The van der Waals surface area contributed by atoms with E-state index in [1.807, 2.05) is 43.1 Å². The van der Waals surface area contributed by atoms with E-state index in [0.717, 1.165) is 34.2 Å². The second-order valence-corrected chi connectivity index (χ2v) is 5.68. The van der Waals surface area contributed by atoms with Crippen LogP contribution in [0.2, 0.25) is 0 Å². The van der Waals surface area contributed by atoms with Crippen molar-refractivity contribution in [1.29, 1.82) is 0 Å². The van der Waals surface area contributed by atoms with Gasteiger partial charge in [0, 0.05) is 12.2 Å². The third kappa shape index (κ3) is 2.28. The highest BCUT2D eigenvalue weighted by Gasteiger charge is 2.24. The number of aryl methyl sites for hydroxylation is 1. The second kappa shape index (κ2) is 5.76. The van der Waals surface area contributed by atoms with E-state index in [1.54, 1.807) is 7.11 Å². The molecule has 3 heterocycles. The summed E-state index contributed by atoms with van der Waals surface area (Å²) in [7, 11) is 1.66. The van der Waals surface area contributed by atoms with Crippen molar-refractivity contribution in [1.82, 2.24) is 24.3 Å². The molecule has 0 saturated heterocycles. The molecule has 0 radical (unpaired) electrons. The van der Waals surface area contributed by atoms with Crippen molar-refractivity contribution < 1.29 is 9.47 Å². The molecule has 0 N–H and O–H groups in total. The van der Waals surface area contributed by atoms with Gasteiger partial charge in [0.05, 0.1) is 37.1 Å². The summed E-state index contributed by atoms with van der Waals surface area (Å²) in [5, 5.41) is 4.62. The van der Waals surface area contributed by atoms with Crippen LogP contribution < -0.4 is 4.74 Å². The van der Waals surface area contributed by atoms with Crippen LogP contribution >= 0.6 is 0 Å². The summed E-state index contributed by atoms with van der Waals surface area (Å²) in [6, 6.07) is 5.97. The van der Waals surface area contributed by atoms with Gasteiger partial charge in [-0.15, -0.1) is 0 Å². The van der Waals surface area contributed by atoms with Gasteiger partial charge in [-0.25, -0.2) is 14.6 Å². The highest BCUT2D eigenvalue weighted by molar-refractivity contribution is 5.71. The Morgan fingerprint density at radius 2 is 2.17 bits per heavy atom. The number of fused-ring (bicyclic) bond motifs is 5. The minimum Gasteiger partial charge on any atom is -0.497 e. The summed E-state index contributed by atoms with van der Waals surface area (Å²) < 4.78 is 14.9. The minimum absolute atomic E-state index is 0.411. The van der Waals surface area contributed by atoms with E-state index in [-0.39, 0.29) is 0 Å². The van der Waals surface area contributed by atoms with Crippen LogP contribution in [0.25, 0.3) is 17.1 Å². The van der Waals surface area contributed by atoms with Crippen molar-refractivity contribution in [2.24, 2.45) is 0 Å². The number of imidazole rings is 1.